The maximum Gasteiger partial charge on any atom is 0.303 e. The molecule has 16 heavy (non-hydrogen) atoms. The van der Waals surface area contributed by atoms with Crippen LogP contribution in [0.3, 0.4) is 0 Å². The van der Waals surface area contributed by atoms with E-state index in [0.717, 1.165) is 16.3 Å². The van der Waals surface area contributed by atoms with Crippen molar-refractivity contribution in [3.05, 3.63) is 42.0 Å². The molecule has 0 aromatic heterocycles. The third-order valence-corrected chi connectivity index (χ3v) is 2.52. The van der Waals surface area contributed by atoms with Gasteiger partial charge in [-0.3, -0.25) is 4.79 Å². The molecule has 0 unspecified atom stereocenters. The maximum atomic E-state index is 10.4. The number of carboxylic acids is 1. The SMILES string of the molecule is O=C(O)CCc1ccc2cc(O)ccc2c1. The Morgan fingerprint density at radius 2 is 1.75 bits per heavy atom. The van der Waals surface area contributed by atoms with E-state index in [9.17, 15) is 9.90 Å². The van der Waals surface area contributed by atoms with E-state index in [1.807, 2.05) is 24.3 Å². The number of aromatic hydroxyl groups is 1. The molecule has 2 N–H and O–H groups in total. The fraction of sp³-hybridized carbons (Fsp3) is 0.154. The molecule has 0 saturated carbocycles. The maximum absolute atomic E-state index is 10.4. The molecule has 3 heteroatoms. The molecule has 0 radical (unpaired) electrons. The number of benzene rings is 2. The summed E-state index contributed by atoms with van der Waals surface area (Å²) in [4.78, 5) is 10.4. The summed E-state index contributed by atoms with van der Waals surface area (Å²) in [6.07, 6.45) is 0.676. The largest absolute Gasteiger partial charge is 0.508 e. The van der Waals surface area contributed by atoms with E-state index in [2.05, 4.69) is 0 Å². The van der Waals surface area contributed by atoms with E-state index in [4.69, 9.17) is 5.11 Å². The van der Waals surface area contributed by atoms with Gasteiger partial charge in [0.15, 0.2) is 0 Å². The van der Waals surface area contributed by atoms with Crippen LogP contribution in [0.1, 0.15) is 12.0 Å². The summed E-state index contributed by atoms with van der Waals surface area (Å²) in [6.45, 7) is 0. The van der Waals surface area contributed by atoms with Gasteiger partial charge in [0, 0.05) is 6.42 Å². The standard InChI is InChI=1S/C13H12O3/c14-12-5-4-10-7-9(2-6-13(15)16)1-3-11(10)8-12/h1,3-5,7-8,14H,2,6H2,(H,15,16). The Morgan fingerprint density at radius 3 is 2.50 bits per heavy atom. The molecule has 0 atom stereocenters. The van der Waals surface area contributed by atoms with Crippen molar-refractivity contribution in [3.8, 4) is 5.75 Å². The van der Waals surface area contributed by atoms with Gasteiger partial charge in [-0.25, -0.2) is 0 Å². The minimum absolute atomic E-state index is 0.142. The van der Waals surface area contributed by atoms with E-state index < -0.39 is 5.97 Å². The Hall–Kier alpha value is -2.03. The van der Waals surface area contributed by atoms with Gasteiger partial charge in [-0.05, 0) is 34.9 Å². The van der Waals surface area contributed by atoms with Crippen molar-refractivity contribution in [2.75, 3.05) is 0 Å². The van der Waals surface area contributed by atoms with Crippen LogP contribution in [0.4, 0.5) is 0 Å². The third-order valence-electron chi connectivity index (χ3n) is 2.52. The van der Waals surface area contributed by atoms with Crippen LogP contribution in [0, 0.1) is 0 Å². The number of carboxylic acid groups (broad SMARTS) is 1. The Labute approximate surface area is 93.0 Å². The highest BCUT2D eigenvalue weighted by Gasteiger charge is 2.01. The van der Waals surface area contributed by atoms with E-state index in [0.29, 0.717) is 6.42 Å². The molecule has 0 bridgehead atoms. The molecule has 3 nitrogen and oxygen atoms in total. The van der Waals surface area contributed by atoms with Crippen molar-refractivity contribution in [3.63, 3.8) is 0 Å². The number of carbonyl (C=O) groups is 1. The minimum Gasteiger partial charge on any atom is -0.508 e. The Morgan fingerprint density at radius 1 is 1.06 bits per heavy atom. The summed E-state index contributed by atoms with van der Waals surface area (Å²) < 4.78 is 0. The van der Waals surface area contributed by atoms with Gasteiger partial charge in [0.25, 0.3) is 0 Å². The molecule has 0 spiro atoms. The molecular weight excluding hydrogens is 204 g/mol. The Bertz CT molecular complexity index is 532. The van der Waals surface area contributed by atoms with Crippen molar-refractivity contribution < 1.29 is 15.0 Å². The van der Waals surface area contributed by atoms with Crippen molar-refractivity contribution in [2.24, 2.45) is 0 Å². The first kappa shape index (κ1) is 10.5. The van der Waals surface area contributed by atoms with Gasteiger partial charge in [-0.15, -0.1) is 0 Å². The zero-order valence-corrected chi connectivity index (χ0v) is 8.68. The number of hydrogen-bond acceptors (Lipinski definition) is 2. The first-order valence-electron chi connectivity index (χ1n) is 5.08. The van der Waals surface area contributed by atoms with Crippen LogP contribution in [0.5, 0.6) is 5.75 Å². The van der Waals surface area contributed by atoms with Crippen LogP contribution in [0.2, 0.25) is 0 Å². The normalized spacial score (nSPS) is 10.5. The van der Waals surface area contributed by atoms with Gasteiger partial charge < -0.3 is 10.2 Å². The second kappa shape index (κ2) is 4.23. The van der Waals surface area contributed by atoms with Gasteiger partial charge in [0.2, 0.25) is 0 Å². The van der Waals surface area contributed by atoms with E-state index in [-0.39, 0.29) is 12.2 Å². The van der Waals surface area contributed by atoms with Crippen LogP contribution in [-0.2, 0) is 11.2 Å². The molecule has 0 aliphatic rings. The van der Waals surface area contributed by atoms with Crippen LogP contribution < -0.4 is 0 Å². The summed E-state index contributed by atoms with van der Waals surface area (Å²) >= 11 is 0. The lowest BCUT2D eigenvalue weighted by Crippen LogP contribution is -1.97. The number of aliphatic carboxylic acids is 1. The van der Waals surface area contributed by atoms with Gasteiger partial charge in [-0.1, -0.05) is 24.3 Å². The Kier molecular flexibility index (Phi) is 2.77. The van der Waals surface area contributed by atoms with Crippen LogP contribution in [0.25, 0.3) is 10.8 Å². The Balaban J connectivity index is 2.30. The lowest BCUT2D eigenvalue weighted by Gasteiger charge is -2.02. The van der Waals surface area contributed by atoms with E-state index >= 15 is 0 Å². The zero-order chi connectivity index (χ0) is 11.5. The number of phenols is 1. The molecule has 2 aromatic rings. The number of fused-ring (bicyclic) bond motifs is 1. The van der Waals surface area contributed by atoms with Crippen LogP contribution >= 0.6 is 0 Å². The molecule has 0 aliphatic carbocycles. The average molecular weight is 216 g/mol. The molecule has 0 fully saturated rings. The van der Waals surface area contributed by atoms with Gasteiger partial charge in [-0.2, -0.15) is 0 Å². The minimum atomic E-state index is -0.786. The highest BCUT2D eigenvalue weighted by atomic mass is 16.4. The van der Waals surface area contributed by atoms with Gasteiger partial charge in [0.1, 0.15) is 5.75 Å². The number of hydrogen-bond donors (Lipinski definition) is 2. The van der Waals surface area contributed by atoms with Crippen LogP contribution in [0.15, 0.2) is 36.4 Å². The molecule has 0 amide bonds. The van der Waals surface area contributed by atoms with Gasteiger partial charge >= 0.3 is 5.97 Å². The summed E-state index contributed by atoms with van der Waals surface area (Å²) in [5.41, 5.74) is 1.00. The lowest BCUT2D eigenvalue weighted by molar-refractivity contribution is -0.136. The smallest absolute Gasteiger partial charge is 0.303 e. The number of phenolic OH excluding ortho intramolecular Hbond substituents is 1. The second-order valence-corrected chi connectivity index (χ2v) is 3.76. The van der Waals surface area contributed by atoms with Crippen LogP contribution in [-0.4, -0.2) is 16.2 Å². The fourth-order valence-corrected chi connectivity index (χ4v) is 1.69. The monoisotopic (exact) mass is 216 g/mol. The van der Waals surface area contributed by atoms with Gasteiger partial charge in [0.05, 0.1) is 0 Å². The molecular formula is C13H12O3. The van der Waals surface area contributed by atoms with E-state index in [1.54, 1.807) is 12.1 Å². The molecule has 0 aliphatic heterocycles. The summed E-state index contributed by atoms with van der Waals surface area (Å²) in [5.74, 6) is -0.545. The molecule has 2 rings (SSSR count). The molecule has 2 aromatic carbocycles. The first-order chi connectivity index (χ1) is 7.65. The number of rotatable bonds is 3. The van der Waals surface area contributed by atoms with E-state index in [1.165, 1.54) is 0 Å². The van der Waals surface area contributed by atoms with Crippen molar-refractivity contribution in [2.45, 2.75) is 12.8 Å². The summed E-state index contributed by atoms with van der Waals surface area (Å²) in [7, 11) is 0. The van der Waals surface area contributed by atoms with Crippen molar-refractivity contribution in [1.29, 1.82) is 0 Å². The predicted molar refractivity (Wildman–Crippen MR) is 61.6 cm³/mol. The summed E-state index contributed by atoms with van der Waals surface area (Å²) in [5, 5.41) is 19.9. The quantitative estimate of drug-likeness (QED) is 0.829. The summed E-state index contributed by atoms with van der Waals surface area (Å²) in [6, 6.07) is 10.9. The highest BCUT2D eigenvalue weighted by molar-refractivity contribution is 5.84. The molecule has 0 heterocycles. The number of aryl methyl sites for hydroxylation is 1. The molecule has 0 saturated heterocycles. The predicted octanol–water partition coefficient (Wildman–Crippen LogP) is 2.56. The topological polar surface area (TPSA) is 57.5 Å². The highest BCUT2D eigenvalue weighted by Crippen LogP contribution is 2.21. The molecule has 82 valence electrons. The second-order valence-electron chi connectivity index (χ2n) is 3.76. The fourth-order valence-electron chi connectivity index (χ4n) is 1.69. The van der Waals surface area contributed by atoms with Crippen molar-refractivity contribution in [1.82, 2.24) is 0 Å². The third kappa shape index (κ3) is 2.31. The first-order valence-corrected chi connectivity index (χ1v) is 5.08. The zero-order valence-electron chi connectivity index (χ0n) is 8.68. The average Bonchev–Trinajstić information content (AvgIpc) is 2.26. The lowest BCUT2D eigenvalue weighted by atomic mass is 10.0. The van der Waals surface area contributed by atoms with Crippen molar-refractivity contribution >= 4 is 16.7 Å².